The van der Waals surface area contributed by atoms with Gasteiger partial charge in [0, 0.05) is 29.6 Å². The Morgan fingerprint density at radius 2 is 2.11 bits per heavy atom. The Kier molecular flexibility index (Phi) is 5.43. The largest absolute Gasteiger partial charge is 0.324 e. The van der Waals surface area contributed by atoms with Gasteiger partial charge in [0.25, 0.3) is 0 Å². The van der Waals surface area contributed by atoms with Crippen LogP contribution in [-0.2, 0) is 0 Å². The van der Waals surface area contributed by atoms with E-state index in [1.54, 1.807) is 0 Å². The van der Waals surface area contributed by atoms with Crippen LogP contribution in [0.3, 0.4) is 0 Å². The maximum Gasteiger partial charge on any atom is 0.0307 e. The fourth-order valence-electron chi connectivity index (χ4n) is 2.54. The van der Waals surface area contributed by atoms with E-state index in [9.17, 15) is 0 Å². The van der Waals surface area contributed by atoms with Gasteiger partial charge in [-0.2, -0.15) is 0 Å². The fraction of sp³-hybridized carbons (Fsp3) is 0.625. The third-order valence-electron chi connectivity index (χ3n) is 3.67. The molecule has 2 nitrogen and oxygen atoms in total. The van der Waals surface area contributed by atoms with Gasteiger partial charge < -0.3 is 10.6 Å². The molecule has 3 heteroatoms. The highest BCUT2D eigenvalue weighted by Crippen LogP contribution is 2.28. The lowest BCUT2D eigenvalue weighted by Crippen LogP contribution is -2.32. The van der Waals surface area contributed by atoms with E-state index >= 15 is 0 Å². The molecule has 1 saturated carbocycles. The summed E-state index contributed by atoms with van der Waals surface area (Å²) in [4.78, 5) is 2.63. The van der Waals surface area contributed by atoms with E-state index in [0.717, 1.165) is 29.4 Å². The molecule has 1 atom stereocenters. The van der Waals surface area contributed by atoms with Gasteiger partial charge in [-0.3, -0.25) is 0 Å². The van der Waals surface area contributed by atoms with Crippen LogP contribution in [0.15, 0.2) is 28.7 Å². The van der Waals surface area contributed by atoms with Crippen LogP contribution >= 0.6 is 15.9 Å². The van der Waals surface area contributed by atoms with Gasteiger partial charge in [0.05, 0.1) is 0 Å². The summed E-state index contributed by atoms with van der Waals surface area (Å²) in [7, 11) is 0. The Morgan fingerprint density at radius 3 is 2.68 bits per heavy atom. The number of hydrogen-bond acceptors (Lipinski definition) is 2. The summed E-state index contributed by atoms with van der Waals surface area (Å²) in [6.07, 6.45) is 3.79. The van der Waals surface area contributed by atoms with Crippen LogP contribution in [0.25, 0.3) is 0 Å². The molecule has 0 saturated heterocycles. The van der Waals surface area contributed by atoms with E-state index in [1.165, 1.54) is 24.9 Å². The van der Waals surface area contributed by atoms with Crippen LogP contribution < -0.4 is 5.73 Å². The molecule has 106 valence electrons. The number of hydrogen-bond donors (Lipinski definition) is 1. The molecule has 2 N–H and O–H groups in total. The van der Waals surface area contributed by atoms with E-state index in [2.05, 4.69) is 52.9 Å². The third-order valence-corrected chi connectivity index (χ3v) is 4.16. The molecule has 0 radical (unpaired) electrons. The van der Waals surface area contributed by atoms with Crippen molar-refractivity contribution in [2.45, 2.75) is 45.2 Å². The van der Waals surface area contributed by atoms with Crippen molar-refractivity contribution in [3.8, 4) is 0 Å². The SMILES string of the molecule is CC(C)CN(CCC(N)c1cccc(Br)c1)C1CC1. The van der Waals surface area contributed by atoms with Crippen molar-refractivity contribution in [3.63, 3.8) is 0 Å². The lowest BCUT2D eigenvalue weighted by molar-refractivity contribution is 0.226. The molecule has 1 aliphatic rings. The molecule has 1 fully saturated rings. The van der Waals surface area contributed by atoms with Crippen LogP contribution in [0, 0.1) is 5.92 Å². The average Bonchev–Trinajstić information content (AvgIpc) is 3.17. The number of halogens is 1. The predicted molar refractivity (Wildman–Crippen MR) is 85.1 cm³/mol. The Bertz CT molecular complexity index is 401. The molecular formula is C16H25BrN2. The smallest absolute Gasteiger partial charge is 0.0307 e. The highest BCUT2D eigenvalue weighted by atomic mass is 79.9. The van der Waals surface area contributed by atoms with Crippen molar-refractivity contribution in [1.29, 1.82) is 0 Å². The molecule has 0 aliphatic heterocycles. The summed E-state index contributed by atoms with van der Waals surface area (Å²) in [5.41, 5.74) is 7.55. The van der Waals surface area contributed by atoms with E-state index in [4.69, 9.17) is 5.73 Å². The van der Waals surface area contributed by atoms with Gasteiger partial charge in [-0.25, -0.2) is 0 Å². The minimum absolute atomic E-state index is 0.144. The third kappa shape index (κ3) is 4.90. The second kappa shape index (κ2) is 6.87. The zero-order valence-corrected chi connectivity index (χ0v) is 13.6. The Balaban J connectivity index is 1.86. The van der Waals surface area contributed by atoms with E-state index in [1.807, 2.05) is 6.07 Å². The molecule has 1 aliphatic carbocycles. The van der Waals surface area contributed by atoms with Crippen LogP contribution in [0.4, 0.5) is 0 Å². The van der Waals surface area contributed by atoms with Gasteiger partial charge in [-0.1, -0.05) is 41.9 Å². The van der Waals surface area contributed by atoms with Crippen LogP contribution in [0.2, 0.25) is 0 Å². The lowest BCUT2D eigenvalue weighted by atomic mass is 10.0. The van der Waals surface area contributed by atoms with Crippen LogP contribution in [0.5, 0.6) is 0 Å². The zero-order chi connectivity index (χ0) is 13.8. The molecule has 0 bridgehead atoms. The van der Waals surface area contributed by atoms with Gasteiger partial charge in [-0.05, 0) is 42.9 Å². The Hall–Kier alpha value is -0.380. The standard InChI is InChI=1S/C16H25BrN2/c1-12(2)11-19(15-6-7-15)9-8-16(18)13-4-3-5-14(17)10-13/h3-5,10,12,15-16H,6-9,11,18H2,1-2H3. The molecular weight excluding hydrogens is 300 g/mol. The van der Waals surface area contributed by atoms with E-state index in [-0.39, 0.29) is 6.04 Å². The highest BCUT2D eigenvalue weighted by Gasteiger charge is 2.29. The zero-order valence-electron chi connectivity index (χ0n) is 12.0. The summed E-state index contributed by atoms with van der Waals surface area (Å²) < 4.78 is 1.11. The summed E-state index contributed by atoms with van der Waals surface area (Å²) in [5, 5.41) is 0. The van der Waals surface area contributed by atoms with Crippen molar-refractivity contribution >= 4 is 15.9 Å². The molecule has 19 heavy (non-hydrogen) atoms. The van der Waals surface area contributed by atoms with Gasteiger partial charge in [0.15, 0.2) is 0 Å². The molecule has 1 aromatic carbocycles. The van der Waals surface area contributed by atoms with Crippen LogP contribution in [0.1, 0.15) is 44.7 Å². The first-order valence-corrected chi connectivity index (χ1v) is 8.10. The van der Waals surface area contributed by atoms with E-state index < -0.39 is 0 Å². The fourth-order valence-corrected chi connectivity index (χ4v) is 2.96. The van der Waals surface area contributed by atoms with E-state index in [0.29, 0.717) is 0 Å². The number of benzene rings is 1. The van der Waals surface area contributed by atoms with Crippen molar-refractivity contribution in [1.82, 2.24) is 4.90 Å². The van der Waals surface area contributed by atoms with Crippen molar-refractivity contribution in [2.24, 2.45) is 11.7 Å². The highest BCUT2D eigenvalue weighted by molar-refractivity contribution is 9.10. The number of nitrogens with two attached hydrogens (primary N) is 1. The summed E-state index contributed by atoms with van der Waals surface area (Å²) in [6.45, 7) is 6.92. The topological polar surface area (TPSA) is 29.3 Å². The first kappa shape index (κ1) is 15.0. The molecule has 1 aromatic rings. The predicted octanol–water partition coefficient (Wildman–Crippen LogP) is 3.96. The molecule has 0 spiro atoms. The van der Waals surface area contributed by atoms with Crippen molar-refractivity contribution in [2.75, 3.05) is 13.1 Å². The number of nitrogens with zero attached hydrogens (tertiary/aromatic N) is 1. The quantitative estimate of drug-likeness (QED) is 0.822. The summed E-state index contributed by atoms with van der Waals surface area (Å²) in [5.74, 6) is 0.739. The normalized spacial score (nSPS) is 17.2. The first-order valence-electron chi connectivity index (χ1n) is 7.31. The lowest BCUT2D eigenvalue weighted by Gasteiger charge is -2.25. The van der Waals surface area contributed by atoms with Crippen molar-refractivity contribution < 1.29 is 0 Å². The molecule has 1 unspecified atom stereocenters. The molecule has 0 heterocycles. The summed E-state index contributed by atoms with van der Waals surface area (Å²) >= 11 is 3.51. The minimum atomic E-state index is 0.144. The maximum atomic E-state index is 6.32. The van der Waals surface area contributed by atoms with Gasteiger partial charge >= 0.3 is 0 Å². The first-order chi connectivity index (χ1) is 9.06. The second-order valence-electron chi connectivity index (χ2n) is 6.07. The Labute approximate surface area is 125 Å². The maximum absolute atomic E-state index is 6.32. The second-order valence-corrected chi connectivity index (χ2v) is 6.99. The van der Waals surface area contributed by atoms with Crippen LogP contribution in [-0.4, -0.2) is 24.0 Å². The molecule has 0 amide bonds. The Morgan fingerprint density at radius 1 is 1.37 bits per heavy atom. The summed E-state index contributed by atoms with van der Waals surface area (Å²) in [6, 6.07) is 9.34. The molecule has 0 aromatic heterocycles. The van der Waals surface area contributed by atoms with Gasteiger partial charge in [0.1, 0.15) is 0 Å². The monoisotopic (exact) mass is 324 g/mol. The number of rotatable bonds is 7. The van der Waals surface area contributed by atoms with Crippen molar-refractivity contribution in [3.05, 3.63) is 34.3 Å². The molecule has 2 rings (SSSR count). The van der Waals surface area contributed by atoms with Gasteiger partial charge in [-0.15, -0.1) is 0 Å². The minimum Gasteiger partial charge on any atom is -0.324 e. The average molecular weight is 325 g/mol. The van der Waals surface area contributed by atoms with Gasteiger partial charge in [0.2, 0.25) is 0 Å².